The molecule has 4 heteroatoms. The zero-order valence-electron chi connectivity index (χ0n) is 19.6. The summed E-state index contributed by atoms with van der Waals surface area (Å²) in [6.07, 6.45) is 15.1. The van der Waals surface area contributed by atoms with Gasteiger partial charge in [-0.3, -0.25) is 0 Å². The van der Waals surface area contributed by atoms with Crippen LogP contribution in [0.3, 0.4) is 0 Å². The van der Waals surface area contributed by atoms with Crippen LogP contribution in [0.4, 0.5) is 0 Å². The summed E-state index contributed by atoms with van der Waals surface area (Å²) in [5, 5.41) is 3.31. The summed E-state index contributed by atoms with van der Waals surface area (Å²) >= 11 is 3.49. The van der Waals surface area contributed by atoms with Gasteiger partial charge >= 0.3 is 0 Å². The van der Waals surface area contributed by atoms with Crippen LogP contribution in [-0.4, -0.2) is 25.7 Å². The van der Waals surface area contributed by atoms with E-state index in [1.165, 1.54) is 64.2 Å². The summed E-state index contributed by atoms with van der Waals surface area (Å²) in [6, 6.07) is 10.4. The number of hydrogen-bond acceptors (Lipinski definition) is 3. The van der Waals surface area contributed by atoms with Crippen LogP contribution in [0, 0.1) is 0 Å². The van der Waals surface area contributed by atoms with Crippen LogP contribution in [0.25, 0.3) is 10.8 Å². The Morgan fingerprint density at radius 3 is 2.03 bits per heavy atom. The van der Waals surface area contributed by atoms with E-state index in [0.717, 1.165) is 59.4 Å². The number of alkyl halides is 1. The first-order chi connectivity index (χ1) is 15.3. The van der Waals surface area contributed by atoms with Crippen LogP contribution in [0.5, 0.6) is 17.2 Å². The lowest BCUT2D eigenvalue weighted by Crippen LogP contribution is -2.00. The first-order valence-electron chi connectivity index (χ1n) is 12.2. The van der Waals surface area contributed by atoms with Crippen LogP contribution in [-0.2, 0) is 0 Å². The molecule has 2 rings (SSSR count). The predicted octanol–water partition coefficient (Wildman–Crippen LogP) is 8.70. The summed E-state index contributed by atoms with van der Waals surface area (Å²) in [5.41, 5.74) is 0. The van der Waals surface area contributed by atoms with E-state index in [-0.39, 0.29) is 0 Å². The smallest absolute Gasteiger partial charge is 0.168 e. The SMILES string of the molecule is CCCCCCCCOc1ccc2c(OC)c(OCCCCCCCCBr)ccc2c1. The van der Waals surface area contributed by atoms with Crippen molar-refractivity contribution < 1.29 is 14.2 Å². The number of hydrogen-bond donors (Lipinski definition) is 0. The molecule has 0 aromatic heterocycles. The van der Waals surface area contributed by atoms with Gasteiger partial charge in [0.25, 0.3) is 0 Å². The number of halogens is 1. The molecule has 0 aliphatic carbocycles. The summed E-state index contributed by atoms with van der Waals surface area (Å²) < 4.78 is 17.7. The minimum absolute atomic E-state index is 0.736. The number of ether oxygens (including phenoxy) is 3. The maximum Gasteiger partial charge on any atom is 0.168 e. The Balaban J connectivity index is 1.80. The summed E-state index contributed by atoms with van der Waals surface area (Å²) in [6.45, 7) is 3.77. The zero-order valence-corrected chi connectivity index (χ0v) is 21.2. The molecule has 2 aromatic carbocycles. The first kappa shape index (κ1) is 25.8. The number of rotatable bonds is 18. The molecule has 0 amide bonds. The second-order valence-electron chi connectivity index (χ2n) is 8.25. The van der Waals surface area contributed by atoms with Gasteiger partial charge in [-0.25, -0.2) is 0 Å². The monoisotopic (exact) mass is 492 g/mol. The molecule has 0 saturated heterocycles. The van der Waals surface area contributed by atoms with Crippen LogP contribution < -0.4 is 14.2 Å². The third-order valence-electron chi connectivity index (χ3n) is 5.66. The Morgan fingerprint density at radius 1 is 0.710 bits per heavy atom. The van der Waals surface area contributed by atoms with Crippen molar-refractivity contribution in [2.75, 3.05) is 25.7 Å². The predicted molar refractivity (Wildman–Crippen MR) is 136 cm³/mol. The fraction of sp³-hybridized carbons (Fsp3) is 0.630. The molecular formula is C27H41BrO3. The Kier molecular flexibility index (Phi) is 13.5. The number of unbranched alkanes of at least 4 members (excludes halogenated alkanes) is 10. The van der Waals surface area contributed by atoms with Crippen molar-refractivity contribution in [1.29, 1.82) is 0 Å². The fourth-order valence-electron chi connectivity index (χ4n) is 3.83. The molecule has 0 heterocycles. The van der Waals surface area contributed by atoms with Crippen molar-refractivity contribution in [3.8, 4) is 17.2 Å². The summed E-state index contributed by atoms with van der Waals surface area (Å²) in [7, 11) is 1.72. The molecule has 0 aliphatic rings. The molecule has 0 spiro atoms. The lowest BCUT2D eigenvalue weighted by Gasteiger charge is -2.14. The van der Waals surface area contributed by atoms with Gasteiger partial charge in [0.1, 0.15) is 5.75 Å². The molecule has 0 saturated carbocycles. The van der Waals surface area contributed by atoms with Gasteiger partial charge in [0.2, 0.25) is 0 Å². The molecule has 0 bridgehead atoms. The molecule has 31 heavy (non-hydrogen) atoms. The highest BCUT2D eigenvalue weighted by Gasteiger charge is 2.10. The highest BCUT2D eigenvalue weighted by Crippen LogP contribution is 2.37. The van der Waals surface area contributed by atoms with Crippen molar-refractivity contribution in [3.63, 3.8) is 0 Å². The van der Waals surface area contributed by atoms with E-state index >= 15 is 0 Å². The molecule has 0 fully saturated rings. The molecule has 3 nitrogen and oxygen atoms in total. The highest BCUT2D eigenvalue weighted by atomic mass is 79.9. The topological polar surface area (TPSA) is 27.7 Å². The first-order valence-corrected chi connectivity index (χ1v) is 13.3. The molecule has 0 atom stereocenters. The van der Waals surface area contributed by atoms with Gasteiger partial charge in [-0.1, -0.05) is 86.7 Å². The van der Waals surface area contributed by atoms with Gasteiger partial charge < -0.3 is 14.2 Å². The quantitative estimate of drug-likeness (QED) is 0.154. The number of benzene rings is 2. The van der Waals surface area contributed by atoms with E-state index < -0.39 is 0 Å². The van der Waals surface area contributed by atoms with Crippen LogP contribution in [0.2, 0.25) is 0 Å². The lowest BCUT2D eigenvalue weighted by molar-refractivity contribution is 0.286. The normalized spacial score (nSPS) is 11.1. The summed E-state index contributed by atoms with van der Waals surface area (Å²) in [4.78, 5) is 0. The molecule has 0 N–H and O–H groups in total. The third-order valence-corrected chi connectivity index (χ3v) is 6.22. The van der Waals surface area contributed by atoms with Crippen molar-refractivity contribution in [1.82, 2.24) is 0 Å². The van der Waals surface area contributed by atoms with Gasteiger partial charge in [0.15, 0.2) is 11.5 Å². The van der Waals surface area contributed by atoms with E-state index in [9.17, 15) is 0 Å². The van der Waals surface area contributed by atoms with Gasteiger partial charge in [-0.15, -0.1) is 0 Å². The Labute approximate surface area is 198 Å². The molecule has 0 unspecified atom stereocenters. The maximum absolute atomic E-state index is 6.05. The average molecular weight is 494 g/mol. The summed E-state index contributed by atoms with van der Waals surface area (Å²) in [5.74, 6) is 2.57. The van der Waals surface area contributed by atoms with Gasteiger partial charge in [0, 0.05) is 10.7 Å². The van der Waals surface area contributed by atoms with E-state index in [1.807, 2.05) is 12.1 Å². The molecule has 0 radical (unpaired) electrons. The van der Waals surface area contributed by atoms with E-state index in [1.54, 1.807) is 7.11 Å². The Morgan fingerprint density at radius 2 is 1.35 bits per heavy atom. The zero-order chi connectivity index (χ0) is 22.2. The van der Waals surface area contributed by atoms with E-state index in [2.05, 4.69) is 41.1 Å². The van der Waals surface area contributed by atoms with E-state index in [0.29, 0.717) is 0 Å². The van der Waals surface area contributed by atoms with Crippen LogP contribution in [0.1, 0.15) is 84.0 Å². The number of fused-ring (bicyclic) bond motifs is 1. The minimum atomic E-state index is 0.736. The standard InChI is InChI=1S/C27H41BrO3/c1-3-4-5-6-10-13-20-30-24-16-17-25-23(22-24)15-18-26(27(25)29-2)31-21-14-11-8-7-9-12-19-28/h15-18,22H,3-14,19-21H2,1-2H3. The third kappa shape index (κ3) is 9.72. The molecular weight excluding hydrogens is 452 g/mol. The lowest BCUT2D eigenvalue weighted by atomic mass is 10.1. The van der Waals surface area contributed by atoms with E-state index in [4.69, 9.17) is 14.2 Å². The number of methoxy groups -OCH3 is 1. The van der Waals surface area contributed by atoms with Gasteiger partial charge in [-0.2, -0.15) is 0 Å². The van der Waals surface area contributed by atoms with Crippen molar-refractivity contribution in [2.24, 2.45) is 0 Å². The van der Waals surface area contributed by atoms with Crippen molar-refractivity contribution in [3.05, 3.63) is 30.3 Å². The Bertz CT molecular complexity index is 732. The maximum atomic E-state index is 6.05. The average Bonchev–Trinajstić information content (AvgIpc) is 2.79. The fourth-order valence-corrected chi connectivity index (χ4v) is 4.23. The second-order valence-corrected chi connectivity index (χ2v) is 9.05. The second kappa shape index (κ2) is 16.2. The highest BCUT2D eigenvalue weighted by molar-refractivity contribution is 9.09. The van der Waals surface area contributed by atoms with Gasteiger partial charge in [0.05, 0.1) is 20.3 Å². The minimum Gasteiger partial charge on any atom is -0.494 e. The van der Waals surface area contributed by atoms with Crippen molar-refractivity contribution in [2.45, 2.75) is 84.0 Å². The molecule has 0 aliphatic heterocycles. The largest absolute Gasteiger partial charge is 0.494 e. The van der Waals surface area contributed by atoms with Crippen LogP contribution >= 0.6 is 15.9 Å². The molecule has 2 aromatic rings. The molecule has 174 valence electrons. The Hall–Kier alpha value is -1.42. The van der Waals surface area contributed by atoms with Gasteiger partial charge in [-0.05, 0) is 48.9 Å². The van der Waals surface area contributed by atoms with Crippen LogP contribution in [0.15, 0.2) is 30.3 Å². The van der Waals surface area contributed by atoms with Crippen molar-refractivity contribution >= 4 is 26.7 Å².